The number of aliphatic hydroxyl groups is 7. The molecule has 8 heteroatoms. The van der Waals surface area contributed by atoms with E-state index in [9.17, 15) is 20.1 Å². The third-order valence-corrected chi connectivity index (χ3v) is 2.22. The molecular weight excluding hydrogens is 224 g/mol. The lowest BCUT2D eigenvalue weighted by molar-refractivity contribution is -0.451. The summed E-state index contributed by atoms with van der Waals surface area (Å²) < 4.78 is 0. The molecule has 0 aliphatic heterocycles. The number of hydrogen-bond acceptors (Lipinski definition) is 8. The largest absolute Gasteiger partial charge is 0.387 e. The van der Waals surface area contributed by atoms with E-state index in [1.807, 2.05) is 0 Å². The van der Waals surface area contributed by atoms with Gasteiger partial charge in [0.15, 0.2) is 6.29 Å². The van der Waals surface area contributed by atoms with Gasteiger partial charge in [-0.3, -0.25) is 4.79 Å². The van der Waals surface area contributed by atoms with Gasteiger partial charge in [0.25, 0.3) is 17.4 Å². The minimum atomic E-state index is -4.03. The lowest BCUT2D eigenvalue weighted by Gasteiger charge is -2.42. The van der Waals surface area contributed by atoms with E-state index < -0.39 is 29.8 Å². The highest BCUT2D eigenvalue weighted by Crippen LogP contribution is 2.30. The summed E-state index contributed by atoms with van der Waals surface area (Å²) >= 11 is 0. The topological polar surface area (TPSA) is 159 Å². The molecular formula is C8H16O8. The lowest BCUT2D eigenvalue weighted by atomic mass is 9.90. The maximum atomic E-state index is 10.2. The van der Waals surface area contributed by atoms with Crippen molar-refractivity contribution in [3.05, 3.63) is 0 Å². The number of carbonyl (C=O) groups is 1. The van der Waals surface area contributed by atoms with Crippen LogP contribution < -0.4 is 0 Å². The van der Waals surface area contributed by atoms with Crippen LogP contribution in [0.15, 0.2) is 0 Å². The van der Waals surface area contributed by atoms with Crippen molar-refractivity contribution in [2.24, 2.45) is 0 Å². The molecule has 0 aliphatic rings. The number of carbonyl (C=O) groups excluding carboxylic acids is 1. The van der Waals surface area contributed by atoms with Crippen LogP contribution in [0, 0.1) is 0 Å². The van der Waals surface area contributed by atoms with Gasteiger partial charge in [-0.25, -0.2) is 0 Å². The molecule has 0 spiro atoms. The molecule has 1 unspecified atom stereocenters. The zero-order chi connectivity index (χ0) is 13.2. The van der Waals surface area contributed by atoms with Crippen molar-refractivity contribution in [3.63, 3.8) is 0 Å². The molecule has 0 saturated heterocycles. The molecule has 0 amide bonds. The maximum absolute atomic E-state index is 10.2. The van der Waals surface area contributed by atoms with Gasteiger partial charge in [-0.15, -0.1) is 0 Å². The second kappa shape index (κ2) is 4.72. The second-order valence-electron chi connectivity index (χ2n) is 3.55. The van der Waals surface area contributed by atoms with E-state index in [1.165, 1.54) is 0 Å². The van der Waals surface area contributed by atoms with Crippen LogP contribution in [0.25, 0.3) is 0 Å². The van der Waals surface area contributed by atoms with E-state index in [1.54, 1.807) is 6.92 Å². The summed E-state index contributed by atoms with van der Waals surface area (Å²) in [6, 6.07) is 0. The Morgan fingerprint density at radius 3 is 1.88 bits per heavy atom. The normalized spacial score (nSPS) is 16.0. The summed E-state index contributed by atoms with van der Waals surface area (Å²) in [5.41, 5.74) is 0. The van der Waals surface area contributed by atoms with Crippen molar-refractivity contribution >= 4 is 6.29 Å². The lowest BCUT2D eigenvalue weighted by Crippen LogP contribution is -2.72. The predicted molar refractivity (Wildman–Crippen MR) is 48.5 cm³/mol. The van der Waals surface area contributed by atoms with Crippen molar-refractivity contribution in [1.29, 1.82) is 0 Å². The van der Waals surface area contributed by atoms with E-state index in [-0.39, 0.29) is 12.8 Å². The molecule has 0 bridgehead atoms. The van der Waals surface area contributed by atoms with Crippen LogP contribution in [-0.4, -0.2) is 65.5 Å². The summed E-state index contributed by atoms with van der Waals surface area (Å²) in [6.45, 7) is 1.56. The first kappa shape index (κ1) is 15.4. The zero-order valence-electron chi connectivity index (χ0n) is 8.61. The van der Waals surface area contributed by atoms with Crippen molar-refractivity contribution in [2.45, 2.75) is 43.2 Å². The molecule has 16 heavy (non-hydrogen) atoms. The van der Waals surface area contributed by atoms with Gasteiger partial charge >= 0.3 is 0 Å². The van der Waals surface area contributed by atoms with Gasteiger partial charge < -0.3 is 35.7 Å². The summed E-state index contributed by atoms with van der Waals surface area (Å²) in [6.07, 6.45) is -2.78. The predicted octanol–water partition coefficient (Wildman–Crippen LogP) is -3.61. The smallest absolute Gasteiger partial charge is 0.284 e. The molecule has 1 atom stereocenters. The molecule has 0 fully saturated rings. The summed E-state index contributed by atoms with van der Waals surface area (Å²) in [5.74, 6) is -11.5. The van der Waals surface area contributed by atoms with Crippen LogP contribution in [0.1, 0.15) is 19.8 Å². The Hall–Kier alpha value is -0.610. The third kappa shape index (κ3) is 2.38. The highest BCUT2D eigenvalue weighted by Gasteiger charge is 2.64. The quantitative estimate of drug-likeness (QED) is 0.185. The van der Waals surface area contributed by atoms with E-state index >= 15 is 0 Å². The molecule has 0 aromatic carbocycles. The minimum absolute atomic E-state index is 0.255. The average molecular weight is 240 g/mol. The molecule has 0 aromatic rings. The first-order valence-corrected chi connectivity index (χ1v) is 4.53. The van der Waals surface area contributed by atoms with Crippen LogP contribution in [0.2, 0.25) is 0 Å². The van der Waals surface area contributed by atoms with Crippen LogP contribution in [-0.2, 0) is 4.79 Å². The zero-order valence-corrected chi connectivity index (χ0v) is 8.61. The van der Waals surface area contributed by atoms with Gasteiger partial charge in [-0.2, -0.15) is 0 Å². The minimum Gasteiger partial charge on any atom is -0.387 e. The molecule has 8 nitrogen and oxygen atoms in total. The molecule has 96 valence electrons. The van der Waals surface area contributed by atoms with Gasteiger partial charge in [0.1, 0.15) is 6.10 Å². The van der Waals surface area contributed by atoms with Crippen molar-refractivity contribution in [1.82, 2.24) is 0 Å². The fraction of sp³-hybridized carbons (Fsp3) is 0.875. The Balaban J connectivity index is 5.19. The highest BCUT2D eigenvalue weighted by atomic mass is 16.7. The van der Waals surface area contributed by atoms with Crippen LogP contribution in [0.5, 0.6) is 0 Å². The van der Waals surface area contributed by atoms with E-state index in [2.05, 4.69) is 0 Å². The summed E-state index contributed by atoms with van der Waals surface area (Å²) in [4.78, 5) is 10.2. The van der Waals surface area contributed by atoms with Crippen LogP contribution in [0.3, 0.4) is 0 Å². The fourth-order valence-electron chi connectivity index (χ4n) is 1.06. The number of rotatable bonds is 6. The first-order valence-electron chi connectivity index (χ1n) is 4.53. The monoisotopic (exact) mass is 240 g/mol. The summed E-state index contributed by atoms with van der Waals surface area (Å²) in [7, 11) is 0. The molecule has 7 N–H and O–H groups in total. The van der Waals surface area contributed by atoms with Crippen molar-refractivity contribution in [2.75, 3.05) is 0 Å². The Labute approximate surface area is 91.0 Å². The SMILES string of the molecule is CCCC(O)C(O)(O)C(O)(O)C(O)(O)C=O. The van der Waals surface area contributed by atoms with Crippen molar-refractivity contribution in [3.8, 4) is 0 Å². The van der Waals surface area contributed by atoms with Crippen molar-refractivity contribution < 1.29 is 40.5 Å². The third-order valence-electron chi connectivity index (χ3n) is 2.22. The van der Waals surface area contributed by atoms with Crippen LogP contribution in [0.4, 0.5) is 0 Å². The Bertz CT molecular complexity index is 246. The standard InChI is InChI=1S/C8H16O8/c1-2-3-5(10)7(13,14)8(15,16)6(11,12)4-9/h4-5,10-16H,2-3H2,1H3. The number of hydrogen-bond donors (Lipinski definition) is 7. The molecule has 0 radical (unpaired) electrons. The van der Waals surface area contributed by atoms with Gasteiger partial charge in [0.2, 0.25) is 0 Å². The molecule has 0 aromatic heterocycles. The van der Waals surface area contributed by atoms with Gasteiger partial charge in [0.05, 0.1) is 0 Å². The highest BCUT2D eigenvalue weighted by molar-refractivity contribution is 5.61. The number of aldehydes is 1. The van der Waals surface area contributed by atoms with E-state index in [4.69, 9.17) is 20.4 Å². The molecule has 0 rings (SSSR count). The average Bonchev–Trinajstić information content (AvgIpc) is 2.17. The van der Waals surface area contributed by atoms with E-state index in [0.717, 1.165) is 0 Å². The molecule has 0 saturated carbocycles. The van der Waals surface area contributed by atoms with Gasteiger partial charge in [-0.1, -0.05) is 13.3 Å². The van der Waals surface area contributed by atoms with Gasteiger partial charge in [-0.05, 0) is 6.42 Å². The fourth-order valence-corrected chi connectivity index (χ4v) is 1.06. The molecule has 0 heterocycles. The molecule has 0 aliphatic carbocycles. The van der Waals surface area contributed by atoms with Gasteiger partial charge in [0, 0.05) is 0 Å². The second-order valence-corrected chi connectivity index (χ2v) is 3.55. The number of aliphatic hydroxyl groups excluding tert-OH is 1. The summed E-state index contributed by atoms with van der Waals surface area (Å²) in [5, 5.41) is 63.7. The Morgan fingerprint density at radius 2 is 1.56 bits per heavy atom. The van der Waals surface area contributed by atoms with Crippen LogP contribution >= 0.6 is 0 Å². The maximum Gasteiger partial charge on any atom is 0.284 e. The Morgan fingerprint density at radius 1 is 1.12 bits per heavy atom. The Kier molecular flexibility index (Phi) is 4.54. The van der Waals surface area contributed by atoms with E-state index in [0.29, 0.717) is 0 Å². The first-order chi connectivity index (χ1) is 7.04.